The minimum Gasteiger partial charge on any atom is -0.385 e. The number of hydrogen-bond donors (Lipinski definition) is 2. The molecule has 0 atom stereocenters. The third-order valence-electron chi connectivity index (χ3n) is 3.74. The maximum Gasteiger partial charge on any atom is 0.253 e. The Morgan fingerprint density at radius 1 is 1.28 bits per heavy atom. The van der Waals surface area contributed by atoms with Gasteiger partial charge in [-0.2, -0.15) is 0 Å². The van der Waals surface area contributed by atoms with Crippen molar-refractivity contribution in [3.05, 3.63) is 23.8 Å². The zero-order valence-electron chi connectivity index (χ0n) is 15.6. The molecule has 0 fully saturated rings. The Bertz CT molecular complexity index is 603. The standard InChI is InChI=1S/C18H28ClN3O3/c1-18(2,12-19)17(24)21-13-7-8-15(22(3)4)14(11-13)16(23)20-9-6-10-25-5/h7-8,11H,6,9-10,12H2,1-5H3,(H,20,23)(H,21,24). The number of alkyl halides is 1. The molecule has 1 aromatic rings. The topological polar surface area (TPSA) is 70.7 Å². The predicted octanol–water partition coefficient (Wildman–Crippen LogP) is 2.72. The summed E-state index contributed by atoms with van der Waals surface area (Å²) in [7, 11) is 5.36. The number of carbonyl (C=O) groups excluding carboxylic acids is 2. The minimum absolute atomic E-state index is 0.187. The van der Waals surface area contributed by atoms with Gasteiger partial charge in [-0.25, -0.2) is 0 Å². The molecule has 0 saturated carbocycles. The van der Waals surface area contributed by atoms with Gasteiger partial charge in [-0.3, -0.25) is 9.59 Å². The molecular formula is C18H28ClN3O3. The summed E-state index contributed by atoms with van der Waals surface area (Å²) in [6, 6.07) is 5.27. The van der Waals surface area contributed by atoms with Crippen LogP contribution in [0, 0.1) is 5.41 Å². The Balaban J connectivity index is 2.97. The fraction of sp³-hybridized carbons (Fsp3) is 0.556. The van der Waals surface area contributed by atoms with E-state index in [-0.39, 0.29) is 17.7 Å². The van der Waals surface area contributed by atoms with Crippen LogP contribution in [0.15, 0.2) is 18.2 Å². The van der Waals surface area contributed by atoms with Crippen LogP contribution in [0.1, 0.15) is 30.6 Å². The molecule has 0 radical (unpaired) electrons. The Labute approximate surface area is 154 Å². The molecule has 0 aromatic heterocycles. The number of rotatable bonds is 9. The maximum atomic E-state index is 12.5. The minimum atomic E-state index is -0.690. The number of hydrogen-bond acceptors (Lipinski definition) is 4. The molecule has 0 unspecified atom stereocenters. The highest BCUT2D eigenvalue weighted by atomic mass is 35.5. The van der Waals surface area contributed by atoms with Crippen LogP contribution in [0.25, 0.3) is 0 Å². The fourth-order valence-corrected chi connectivity index (χ4v) is 2.18. The van der Waals surface area contributed by atoms with Crippen molar-refractivity contribution in [2.75, 3.05) is 50.5 Å². The van der Waals surface area contributed by atoms with Crippen molar-refractivity contribution in [2.24, 2.45) is 5.41 Å². The molecule has 0 bridgehead atoms. The summed E-state index contributed by atoms with van der Waals surface area (Å²) in [5, 5.41) is 5.70. The summed E-state index contributed by atoms with van der Waals surface area (Å²) in [4.78, 5) is 26.7. The fourth-order valence-electron chi connectivity index (χ4n) is 2.06. The van der Waals surface area contributed by atoms with Gasteiger partial charge in [0, 0.05) is 51.6 Å². The quantitative estimate of drug-likeness (QED) is 0.518. The molecule has 0 heterocycles. The van der Waals surface area contributed by atoms with Crippen LogP contribution < -0.4 is 15.5 Å². The Kier molecular flexibility index (Phi) is 8.19. The van der Waals surface area contributed by atoms with Gasteiger partial charge in [-0.1, -0.05) is 0 Å². The molecule has 140 valence electrons. The van der Waals surface area contributed by atoms with E-state index < -0.39 is 5.41 Å². The summed E-state index contributed by atoms with van der Waals surface area (Å²) in [5.74, 6) is -0.166. The molecule has 7 heteroatoms. The first-order valence-corrected chi connectivity index (χ1v) is 8.72. The van der Waals surface area contributed by atoms with Crippen LogP contribution >= 0.6 is 11.6 Å². The zero-order chi connectivity index (χ0) is 19.0. The van der Waals surface area contributed by atoms with Gasteiger partial charge in [-0.15, -0.1) is 11.6 Å². The van der Waals surface area contributed by atoms with Gasteiger partial charge in [0.15, 0.2) is 0 Å². The number of methoxy groups -OCH3 is 1. The smallest absolute Gasteiger partial charge is 0.253 e. The van der Waals surface area contributed by atoms with Crippen molar-refractivity contribution < 1.29 is 14.3 Å². The van der Waals surface area contributed by atoms with Crippen LogP contribution in [-0.2, 0) is 9.53 Å². The molecule has 0 aliphatic carbocycles. The second kappa shape index (κ2) is 9.63. The van der Waals surface area contributed by atoms with Gasteiger partial charge in [0.25, 0.3) is 5.91 Å². The highest BCUT2D eigenvalue weighted by molar-refractivity contribution is 6.20. The Morgan fingerprint density at radius 3 is 2.52 bits per heavy atom. The van der Waals surface area contributed by atoms with Crippen molar-refractivity contribution >= 4 is 34.8 Å². The summed E-state index contributed by atoms with van der Waals surface area (Å²) in [6.45, 7) is 4.65. The van der Waals surface area contributed by atoms with E-state index in [4.69, 9.17) is 16.3 Å². The van der Waals surface area contributed by atoms with Crippen molar-refractivity contribution in [1.29, 1.82) is 0 Å². The average Bonchev–Trinajstić information content (AvgIpc) is 2.58. The zero-order valence-corrected chi connectivity index (χ0v) is 16.4. The van der Waals surface area contributed by atoms with Crippen LogP contribution in [0.5, 0.6) is 0 Å². The lowest BCUT2D eigenvalue weighted by Crippen LogP contribution is -2.32. The number of nitrogens with zero attached hydrogens (tertiary/aromatic N) is 1. The first-order valence-electron chi connectivity index (χ1n) is 8.19. The molecule has 0 aliphatic heterocycles. The second-order valence-corrected chi connectivity index (χ2v) is 6.97. The molecular weight excluding hydrogens is 342 g/mol. The van der Waals surface area contributed by atoms with Crippen LogP contribution in [0.4, 0.5) is 11.4 Å². The van der Waals surface area contributed by atoms with E-state index in [1.54, 1.807) is 33.1 Å². The summed E-state index contributed by atoms with van der Waals surface area (Å²) in [5.41, 5.74) is 1.16. The molecule has 1 aromatic carbocycles. The second-order valence-electron chi connectivity index (χ2n) is 6.70. The van der Waals surface area contributed by atoms with Crippen molar-refractivity contribution in [3.8, 4) is 0 Å². The van der Waals surface area contributed by atoms with Gasteiger partial charge in [0.05, 0.1) is 11.0 Å². The molecule has 0 aliphatic rings. The third kappa shape index (κ3) is 6.21. The summed E-state index contributed by atoms with van der Waals surface area (Å²) in [6.07, 6.45) is 0.736. The van der Waals surface area contributed by atoms with Crippen LogP contribution in [0.2, 0.25) is 0 Å². The van der Waals surface area contributed by atoms with Gasteiger partial charge in [0.1, 0.15) is 0 Å². The first-order chi connectivity index (χ1) is 11.7. The molecule has 25 heavy (non-hydrogen) atoms. The van der Waals surface area contributed by atoms with E-state index in [1.807, 2.05) is 25.1 Å². The summed E-state index contributed by atoms with van der Waals surface area (Å²) < 4.78 is 4.98. The number of nitrogens with one attached hydrogen (secondary N) is 2. The van der Waals surface area contributed by atoms with E-state index in [0.717, 1.165) is 12.1 Å². The van der Waals surface area contributed by atoms with Crippen LogP contribution in [0.3, 0.4) is 0 Å². The van der Waals surface area contributed by atoms with E-state index in [1.165, 1.54) is 0 Å². The Morgan fingerprint density at radius 2 is 1.96 bits per heavy atom. The highest BCUT2D eigenvalue weighted by Crippen LogP contribution is 2.25. The average molecular weight is 370 g/mol. The summed E-state index contributed by atoms with van der Waals surface area (Å²) >= 11 is 5.84. The van der Waals surface area contributed by atoms with Crippen molar-refractivity contribution in [1.82, 2.24) is 5.32 Å². The predicted molar refractivity (Wildman–Crippen MR) is 103 cm³/mol. The number of halogens is 1. The lowest BCUT2D eigenvalue weighted by atomic mass is 9.95. The largest absolute Gasteiger partial charge is 0.385 e. The first kappa shape index (κ1) is 21.3. The van der Waals surface area contributed by atoms with Crippen molar-refractivity contribution in [3.63, 3.8) is 0 Å². The third-order valence-corrected chi connectivity index (χ3v) is 4.41. The number of ether oxygens (including phenoxy) is 1. The molecule has 1 rings (SSSR count). The van der Waals surface area contributed by atoms with Crippen molar-refractivity contribution in [2.45, 2.75) is 20.3 Å². The number of benzene rings is 1. The van der Waals surface area contributed by atoms with Gasteiger partial charge in [-0.05, 0) is 38.5 Å². The monoisotopic (exact) mass is 369 g/mol. The lowest BCUT2D eigenvalue weighted by Gasteiger charge is -2.22. The van der Waals surface area contributed by atoms with Gasteiger partial charge >= 0.3 is 0 Å². The molecule has 2 N–H and O–H groups in total. The number of carbonyl (C=O) groups is 2. The van der Waals surface area contributed by atoms with Gasteiger partial charge < -0.3 is 20.3 Å². The SMILES string of the molecule is COCCCNC(=O)c1cc(NC(=O)C(C)(C)CCl)ccc1N(C)C. The maximum absolute atomic E-state index is 12.5. The van der Waals surface area contributed by atoms with E-state index >= 15 is 0 Å². The molecule has 0 spiro atoms. The number of anilines is 2. The van der Waals surface area contributed by atoms with E-state index in [9.17, 15) is 9.59 Å². The normalized spacial score (nSPS) is 11.1. The van der Waals surface area contributed by atoms with Crippen LogP contribution in [-0.4, -0.2) is 52.1 Å². The Hall–Kier alpha value is -1.79. The van der Waals surface area contributed by atoms with E-state index in [2.05, 4.69) is 10.6 Å². The number of amides is 2. The lowest BCUT2D eigenvalue weighted by molar-refractivity contribution is -0.122. The molecule has 2 amide bonds. The van der Waals surface area contributed by atoms with E-state index in [0.29, 0.717) is 24.4 Å². The molecule has 6 nitrogen and oxygen atoms in total. The molecule has 0 saturated heterocycles. The highest BCUT2D eigenvalue weighted by Gasteiger charge is 2.27. The van der Waals surface area contributed by atoms with Gasteiger partial charge in [0.2, 0.25) is 5.91 Å².